The lowest BCUT2D eigenvalue weighted by Gasteiger charge is -2.06. The van der Waals surface area contributed by atoms with Crippen molar-refractivity contribution >= 4 is 27.7 Å². The normalized spacial score (nSPS) is 11.8. The molecular formula is C12H15BrN4O. The van der Waals surface area contributed by atoms with Crippen molar-refractivity contribution in [1.82, 2.24) is 15.3 Å². The van der Waals surface area contributed by atoms with Crippen LogP contribution < -0.4 is 11.1 Å². The Morgan fingerprint density at radius 2 is 2.33 bits per heavy atom. The molecule has 0 aliphatic rings. The highest BCUT2D eigenvalue weighted by Gasteiger charge is 2.13. The number of nitrogens with two attached hydrogens (primary N) is 1. The molecule has 96 valence electrons. The molecular weight excluding hydrogens is 296 g/mol. The van der Waals surface area contributed by atoms with Gasteiger partial charge in [0.15, 0.2) is 11.5 Å². The minimum absolute atomic E-state index is 0.102. The summed E-state index contributed by atoms with van der Waals surface area (Å²) in [6, 6.07) is 0. The molecule has 0 aliphatic heterocycles. The molecule has 1 rings (SSSR count). The monoisotopic (exact) mass is 310 g/mol. The maximum atomic E-state index is 12.0. The Bertz CT molecular complexity index is 497. The number of hydrogen-bond donors (Lipinski definition) is 2. The summed E-state index contributed by atoms with van der Waals surface area (Å²) < 4.78 is 0.466. The summed E-state index contributed by atoms with van der Waals surface area (Å²) in [4.78, 5) is 19.8. The highest BCUT2D eigenvalue weighted by Crippen LogP contribution is 2.11. The fourth-order valence-corrected chi connectivity index (χ4v) is 1.47. The van der Waals surface area contributed by atoms with Gasteiger partial charge in [-0.05, 0) is 35.4 Å². The van der Waals surface area contributed by atoms with Crippen LogP contribution in [0.1, 0.15) is 30.8 Å². The first-order valence-electron chi connectivity index (χ1n) is 5.50. The van der Waals surface area contributed by atoms with E-state index in [9.17, 15) is 4.79 Å². The lowest BCUT2D eigenvalue weighted by atomic mass is 10.3. The third-order valence-electron chi connectivity index (χ3n) is 2.09. The van der Waals surface area contributed by atoms with Gasteiger partial charge in [0, 0.05) is 5.70 Å². The van der Waals surface area contributed by atoms with Gasteiger partial charge in [0.1, 0.15) is 4.60 Å². The summed E-state index contributed by atoms with van der Waals surface area (Å²) in [7, 11) is 0. The molecule has 0 bridgehead atoms. The summed E-state index contributed by atoms with van der Waals surface area (Å²) in [5, 5.41) is 2.72. The van der Waals surface area contributed by atoms with E-state index in [1.165, 1.54) is 6.20 Å². The summed E-state index contributed by atoms with van der Waals surface area (Å²) in [6.07, 6.45) is 7.92. The standard InChI is InChI=1S/C12H15BrN4O/c1-3-5-6-8(4-2)16-12(18)10-11(14)15-7-9(13)17-10/h4-7H,3H2,1-2H3,(H2,14,15)(H,16,18)/b6-5-,8-4+. The van der Waals surface area contributed by atoms with Crippen LogP contribution in [0, 0.1) is 0 Å². The number of carbonyl (C=O) groups excluding carboxylic acids is 1. The molecule has 0 fully saturated rings. The minimum Gasteiger partial charge on any atom is -0.382 e. The number of allylic oxidation sites excluding steroid dienone is 3. The Morgan fingerprint density at radius 1 is 1.61 bits per heavy atom. The summed E-state index contributed by atoms with van der Waals surface area (Å²) in [5.41, 5.74) is 6.42. The number of rotatable bonds is 4. The number of carbonyl (C=O) groups is 1. The average Bonchev–Trinajstić information content (AvgIpc) is 2.37. The van der Waals surface area contributed by atoms with Crippen LogP contribution in [0.2, 0.25) is 0 Å². The number of nitrogen functional groups attached to an aromatic ring is 1. The first kappa shape index (κ1) is 14.4. The van der Waals surface area contributed by atoms with Crippen LogP contribution in [0.4, 0.5) is 5.82 Å². The van der Waals surface area contributed by atoms with E-state index in [0.29, 0.717) is 10.3 Å². The summed E-state index contributed by atoms with van der Waals surface area (Å²) >= 11 is 3.15. The molecule has 1 aromatic rings. The van der Waals surface area contributed by atoms with Crippen LogP contribution in [0.25, 0.3) is 0 Å². The van der Waals surface area contributed by atoms with Gasteiger partial charge < -0.3 is 11.1 Å². The van der Waals surface area contributed by atoms with Crippen molar-refractivity contribution < 1.29 is 4.79 Å². The summed E-state index contributed by atoms with van der Waals surface area (Å²) in [5.74, 6) is -0.277. The Balaban J connectivity index is 2.88. The number of nitrogens with one attached hydrogen (secondary N) is 1. The van der Waals surface area contributed by atoms with Crippen molar-refractivity contribution in [3.8, 4) is 0 Å². The van der Waals surface area contributed by atoms with Crippen molar-refractivity contribution in [3.05, 3.63) is 40.4 Å². The molecule has 0 saturated carbocycles. The van der Waals surface area contributed by atoms with Crippen LogP contribution in [-0.4, -0.2) is 15.9 Å². The molecule has 18 heavy (non-hydrogen) atoms. The number of hydrogen-bond acceptors (Lipinski definition) is 4. The van der Waals surface area contributed by atoms with Crippen molar-refractivity contribution in [2.75, 3.05) is 5.73 Å². The van der Waals surface area contributed by atoms with E-state index in [1.54, 1.807) is 6.08 Å². The van der Waals surface area contributed by atoms with Crippen LogP contribution in [0.5, 0.6) is 0 Å². The van der Waals surface area contributed by atoms with Crippen molar-refractivity contribution in [2.45, 2.75) is 20.3 Å². The van der Waals surface area contributed by atoms with E-state index in [4.69, 9.17) is 5.73 Å². The van der Waals surface area contributed by atoms with Gasteiger partial charge in [-0.1, -0.05) is 19.1 Å². The second-order valence-electron chi connectivity index (χ2n) is 3.44. The lowest BCUT2D eigenvalue weighted by molar-refractivity contribution is 0.0962. The maximum Gasteiger partial charge on any atom is 0.278 e. The van der Waals surface area contributed by atoms with Crippen LogP contribution in [-0.2, 0) is 0 Å². The van der Waals surface area contributed by atoms with Crippen LogP contribution in [0.3, 0.4) is 0 Å². The van der Waals surface area contributed by atoms with Gasteiger partial charge in [0.25, 0.3) is 5.91 Å². The predicted molar refractivity (Wildman–Crippen MR) is 74.8 cm³/mol. The number of aromatic nitrogens is 2. The van der Waals surface area contributed by atoms with Crippen LogP contribution in [0.15, 0.2) is 34.7 Å². The molecule has 0 aromatic carbocycles. The number of nitrogens with zero attached hydrogens (tertiary/aromatic N) is 2. The quantitative estimate of drug-likeness (QED) is 0.837. The smallest absolute Gasteiger partial charge is 0.278 e. The molecule has 1 heterocycles. The summed E-state index contributed by atoms with van der Waals surface area (Å²) in [6.45, 7) is 3.86. The first-order valence-corrected chi connectivity index (χ1v) is 6.30. The maximum absolute atomic E-state index is 12.0. The third kappa shape index (κ3) is 3.96. The van der Waals surface area contributed by atoms with Gasteiger partial charge in [0.2, 0.25) is 0 Å². The largest absolute Gasteiger partial charge is 0.382 e. The molecule has 5 nitrogen and oxygen atoms in total. The van der Waals surface area contributed by atoms with E-state index in [1.807, 2.05) is 26.0 Å². The van der Waals surface area contributed by atoms with Crippen LogP contribution >= 0.6 is 15.9 Å². The molecule has 0 aliphatic carbocycles. The fraction of sp³-hybridized carbons (Fsp3) is 0.250. The van der Waals surface area contributed by atoms with E-state index >= 15 is 0 Å². The molecule has 1 amide bonds. The van der Waals surface area contributed by atoms with E-state index in [-0.39, 0.29) is 17.4 Å². The molecule has 0 unspecified atom stereocenters. The average molecular weight is 311 g/mol. The Morgan fingerprint density at radius 3 is 2.94 bits per heavy atom. The molecule has 6 heteroatoms. The molecule has 0 spiro atoms. The molecule has 0 atom stereocenters. The molecule has 0 saturated heterocycles. The number of halogens is 1. The Labute approximate surface area is 114 Å². The zero-order valence-electron chi connectivity index (χ0n) is 10.3. The van der Waals surface area contributed by atoms with Gasteiger partial charge in [-0.25, -0.2) is 9.97 Å². The highest BCUT2D eigenvalue weighted by atomic mass is 79.9. The molecule has 1 aromatic heterocycles. The third-order valence-corrected chi connectivity index (χ3v) is 2.47. The highest BCUT2D eigenvalue weighted by molar-refractivity contribution is 9.10. The molecule has 0 radical (unpaired) electrons. The minimum atomic E-state index is -0.379. The zero-order chi connectivity index (χ0) is 13.5. The van der Waals surface area contributed by atoms with E-state index in [0.717, 1.165) is 6.42 Å². The number of anilines is 1. The van der Waals surface area contributed by atoms with Gasteiger partial charge in [-0.3, -0.25) is 4.79 Å². The Kier molecular flexibility index (Phi) is 5.51. The SMILES string of the molecule is C/C=C(\C=C/CC)NC(=O)c1nc(Br)cnc1N. The van der Waals surface area contributed by atoms with Gasteiger partial charge >= 0.3 is 0 Å². The number of amides is 1. The van der Waals surface area contributed by atoms with E-state index < -0.39 is 0 Å². The first-order chi connectivity index (χ1) is 8.58. The lowest BCUT2D eigenvalue weighted by Crippen LogP contribution is -2.24. The second kappa shape index (κ2) is 6.90. The van der Waals surface area contributed by atoms with Gasteiger partial charge in [-0.15, -0.1) is 0 Å². The van der Waals surface area contributed by atoms with E-state index in [2.05, 4.69) is 31.2 Å². The van der Waals surface area contributed by atoms with Gasteiger partial charge in [0.05, 0.1) is 6.20 Å². The van der Waals surface area contributed by atoms with Crippen molar-refractivity contribution in [3.63, 3.8) is 0 Å². The Hall–Kier alpha value is -1.69. The van der Waals surface area contributed by atoms with Crippen molar-refractivity contribution in [2.24, 2.45) is 0 Å². The zero-order valence-corrected chi connectivity index (χ0v) is 11.9. The fourth-order valence-electron chi connectivity index (χ4n) is 1.19. The predicted octanol–water partition coefficient (Wildman–Crippen LogP) is 2.42. The van der Waals surface area contributed by atoms with Crippen molar-refractivity contribution in [1.29, 1.82) is 0 Å². The van der Waals surface area contributed by atoms with Gasteiger partial charge in [-0.2, -0.15) is 0 Å². The molecule has 3 N–H and O–H groups in total. The topological polar surface area (TPSA) is 80.9 Å². The second-order valence-corrected chi connectivity index (χ2v) is 4.25.